The zero-order chi connectivity index (χ0) is 26.3. The molecule has 202 valence electrons. The lowest BCUT2D eigenvalue weighted by Gasteiger charge is -2.41. The van der Waals surface area contributed by atoms with Crippen molar-refractivity contribution in [1.82, 2.24) is 29.2 Å². The second-order valence-electron chi connectivity index (χ2n) is 11.2. The predicted octanol–water partition coefficient (Wildman–Crippen LogP) is 1.46. The lowest BCUT2D eigenvalue weighted by atomic mass is 9.97. The van der Waals surface area contributed by atoms with Gasteiger partial charge >= 0.3 is 11.7 Å². The number of fused-ring (bicyclic) bond motifs is 3. The first-order valence-corrected chi connectivity index (χ1v) is 13.7. The first kappa shape index (κ1) is 25.9. The van der Waals surface area contributed by atoms with Crippen molar-refractivity contribution in [2.24, 2.45) is 0 Å². The first-order valence-electron chi connectivity index (χ1n) is 13.7. The molecule has 0 radical (unpaired) electrons. The number of imidazole rings is 1. The highest BCUT2D eigenvalue weighted by Crippen LogP contribution is 2.36. The maximum absolute atomic E-state index is 13.3. The molecular formula is C27H40N6O4. The third-order valence-corrected chi connectivity index (χ3v) is 8.42. The number of nitrogens with zero attached hydrogens (tertiary/aromatic N) is 5. The quantitative estimate of drug-likeness (QED) is 0.608. The molecular weight excluding hydrogens is 472 g/mol. The van der Waals surface area contributed by atoms with Crippen molar-refractivity contribution >= 4 is 23.0 Å². The highest BCUT2D eigenvalue weighted by molar-refractivity contribution is 5.89. The number of piperazine rings is 1. The Hall–Kier alpha value is -2.69. The summed E-state index contributed by atoms with van der Waals surface area (Å²) in [6.07, 6.45) is 3.33. The number of carbonyl (C=O) groups excluding carboxylic acids is 2. The molecule has 2 N–H and O–H groups in total. The molecule has 10 nitrogen and oxygen atoms in total. The number of benzene rings is 1. The average Bonchev–Trinajstić information content (AvgIpc) is 3.27. The van der Waals surface area contributed by atoms with Gasteiger partial charge in [-0.05, 0) is 51.7 Å². The van der Waals surface area contributed by atoms with E-state index in [9.17, 15) is 19.5 Å². The number of aromatic nitrogens is 2. The second-order valence-corrected chi connectivity index (χ2v) is 11.2. The lowest BCUT2D eigenvalue weighted by Crippen LogP contribution is -2.55. The van der Waals surface area contributed by atoms with Gasteiger partial charge in [0.25, 0.3) is 0 Å². The van der Waals surface area contributed by atoms with E-state index in [1.165, 1.54) is 4.57 Å². The fourth-order valence-corrected chi connectivity index (χ4v) is 6.64. The highest BCUT2D eigenvalue weighted by atomic mass is 16.3. The van der Waals surface area contributed by atoms with Crippen LogP contribution in [0.5, 0.6) is 0 Å². The van der Waals surface area contributed by atoms with Gasteiger partial charge in [-0.15, -0.1) is 0 Å². The van der Waals surface area contributed by atoms with E-state index in [2.05, 4.69) is 15.1 Å². The third kappa shape index (κ3) is 5.19. The molecule has 1 aromatic carbocycles. The Morgan fingerprint density at radius 2 is 1.62 bits per heavy atom. The van der Waals surface area contributed by atoms with Gasteiger partial charge in [0, 0.05) is 70.4 Å². The van der Waals surface area contributed by atoms with Crippen LogP contribution in [-0.2, 0) is 4.79 Å². The van der Waals surface area contributed by atoms with Crippen molar-refractivity contribution in [1.29, 1.82) is 0 Å². The van der Waals surface area contributed by atoms with Crippen LogP contribution in [0.25, 0.3) is 11.0 Å². The van der Waals surface area contributed by atoms with Gasteiger partial charge in [0.1, 0.15) is 0 Å². The summed E-state index contributed by atoms with van der Waals surface area (Å²) in [7, 11) is 0. The van der Waals surface area contributed by atoms with Gasteiger partial charge in [-0.3, -0.25) is 19.2 Å². The summed E-state index contributed by atoms with van der Waals surface area (Å²) in [5.41, 5.74) is 1.09. The standard InChI is InChI=1S/C27H40N6O4/c1-18(2)32-24-6-4-5-7-25(24)33(27(32)37)26(36)28-20-14-21-8-9-22(15-20)31(21)17-23(35)16-29-10-12-30(13-11-29)19(3)34/h4-7,18,20-23,35H,8-17H2,1-3H3,(H,28,36)/t20?,21?,22?,23-/m1/s1. The number of rotatable bonds is 6. The monoisotopic (exact) mass is 512 g/mol. The summed E-state index contributed by atoms with van der Waals surface area (Å²) in [5, 5.41) is 14.0. The van der Waals surface area contributed by atoms with E-state index in [0.29, 0.717) is 30.7 Å². The van der Waals surface area contributed by atoms with Gasteiger partial charge < -0.3 is 15.3 Å². The van der Waals surface area contributed by atoms with E-state index in [1.807, 2.05) is 43.0 Å². The molecule has 1 aromatic heterocycles. The fraction of sp³-hybridized carbons (Fsp3) is 0.667. The Kier molecular flexibility index (Phi) is 7.42. The van der Waals surface area contributed by atoms with Crippen molar-refractivity contribution in [3.63, 3.8) is 0 Å². The summed E-state index contributed by atoms with van der Waals surface area (Å²) < 4.78 is 2.95. The number of hydrogen-bond donors (Lipinski definition) is 2. The minimum absolute atomic E-state index is 0.00566. The number of hydrogen-bond acceptors (Lipinski definition) is 6. The molecule has 2 aromatic rings. The van der Waals surface area contributed by atoms with Gasteiger partial charge in [-0.25, -0.2) is 14.2 Å². The van der Waals surface area contributed by atoms with E-state index in [0.717, 1.165) is 57.4 Å². The molecule has 3 aliphatic rings. The van der Waals surface area contributed by atoms with Gasteiger partial charge in [0.15, 0.2) is 0 Å². The highest BCUT2D eigenvalue weighted by Gasteiger charge is 2.42. The van der Waals surface area contributed by atoms with Crippen molar-refractivity contribution in [2.45, 2.75) is 76.7 Å². The van der Waals surface area contributed by atoms with Crippen LogP contribution in [0.15, 0.2) is 29.1 Å². The van der Waals surface area contributed by atoms with Crippen LogP contribution in [-0.4, -0.2) is 104 Å². The third-order valence-electron chi connectivity index (χ3n) is 8.42. The van der Waals surface area contributed by atoms with Gasteiger partial charge in [-0.1, -0.05) is 12.1 Å². The number of nitrogens with one attached hydrogen (secondary N) is 1. The number of amides is 2. The molecule has 2 amide bonds. The summed E-state index contributed by atoms with van der Waals surface area (Å²) in [6.45, 7) is 9.78. The summed E-state index contributed by atoms with van der Waals surface area (Å²) in [4.78, 5) is 44.5. The minimum atomic E-state index is -0.446. The van der Waals surface area contributed by atoms with E-state index < -0.39 is 6.10 Å². The minimum Gasteiger partial charge on any atom is -0.390 e. The number of para-hydroxylation sites is 2. The second kappa shape index (κ2) is 10.6. The molecule has 10 heteroatoms. The number of aliphatic hydroxyl groups is 1. The summed E-state index contributed by atoms with van der Waals surface area (Å²) in [5.74, 6) is 0.113. The lowest BCUT2D eigenvalue weighted by molar-refractivity contribution is -0.130. The van der Waals surface area contributed by atoms with Crippen LogP contribution >= 0.6 is 0 Å². The van der Waals surface area contributed by atoms with Crippen LogP contribution in [0.4, 0.5) is 4.79 Å². The summed E-state index contributed by atoms with van der Waals surface area (Å²) >= 11 is 0. The normalized spacial score (nSPS) is 25.6. The van der Waals surface area contributed by atoms with Crippen molar-refractivity contribution in [3.8, 4) is 0 Å². The Morgan fingerprint density at radius 1 is 1.00 bits per heavy atom. The van der Waals surface area contributed by atoms with Gasteiger partial charge in [0.05, 0.1) is 17.1 Å². The maximum atomic E-state index is 13.3. The molecule has 37 heavy (non-hydrogen) atoms. The van der Waals surface area contributed by atoms with Crippen LogP contribution in [0.1, 0.15) is 52.5 Å². The molecule has 3 aliphatic heterocycles. The van der Waals surface area contributed by atoms with Crippen LogP contribution in [0.3, 0.4) is 0 Å². The molecule has 2 unspecified atom stereocenters. The topological polar surface area (TPSA) is 103 Å². The smallest absolute Gasteiger partial charge is 0.337 e. The Bertz CT molecular complexity index is 1180. The molecule has 5 rings (SSSR count). The number of carbonyl (C=O) groups is 2. The fourth-order valence-electron chi connectivity index (χ4n) is 6.64. The van der Waals surface area contributed by atoms with Crippen molar-refractivity contribution < 1.29 is 14.7 Å². The molecule has 4 heterocycles. The van der Waals surface area contributed by atoms with E-state index >= 15 is 0 Å². The van der Waals surface area contributed by atoms with E-state index in [-0.39, 0.29) is 29.7 Å². The molecule has 0 saturated carbocycles. The molecule has 3 saturated heterocycles. The Labute approximate surface area is 217 Å². The van der Waals surface area contributed by atoms with Gasteiger partial charge in [0.2, 0.25) is 5.91 Å². The maximum Gasteiger partial charge on any atom is 0.337 e. The Balaban J connectivity index is 1.19. The Morgan fingerprint density at radius 3 is 2.22 bits per heavy atom. The average molecular weight is 513 g/mol. The van der Waals surface area contributed by atoms with Crippen molar-refractivity contribution in [2.75, 3.05) is 39.3 Å². The first-order chi connectivity index (χ1) is 17.7. The molecule has 3 fully saturated rings. The number of aliphatic hydroxyl groups excluding tert-OH is 1. The number of β-amino-alcohol motifs (C(OH)–C–C–N with tert-alkyl or cyclic N) is 1. The zero-order valence-corrected chi connectivity index (χ0v) is 22.2. The molecule has 0 spiro atoms. The SMILES string of the molecule is CC(=O)N1CCN(C[C@@H](O)CN2C3CCC2CC(NC(=O)n2c(=O)n(C(C)C)c4ccccc42)C3)CC1. The van der Waals surface area contributed by atoms with E-state index in [4.69, 9.17) is 0 Å². The molecule has 3 atom stereocenters. The zero-order valence-electron chi connectivity index (χ0n) is 22.2. The molecule has 2 bridgehead atoms. The largest absolute Gasteiger partial charge is 0.390 e. The predicted molar refractivity (Wildman–Crippen MR) is 142 cm³/mol. The summed E-state index contributed by atoms with van der Waals surface area (Å²) in [6, 6.07) is 7.69. The van der Waals surface area contributed by atoms with E-state index in [1.54, 1.807) is 11.5 Å². The van der Waals surface area contributed by atoms with Gasteiger partial charge in [-0.2, -0.15) is 0 Å². The van der Waals surface area contributed by atoms with Crippen LogP contribution < -0.4 is 11.0 Å². The molecule has 0 aliphatic carbocycles. The van der Waals surface area contributed by atoms with Crippen LogP contribution in [0.2, 0.25) is 0 Å². The van der Waals surface area contributed by atoms with Crippen molar-refractivity contribution in [3.05, 3.63) is 34.7 Å². The number of piperidine rings is 1. The van der Waals surface area contributed by atoms with Crippen LogP contribution in [0, 0.1) is 0 Å².